The van der Waals surface area contributed by atoms with Crippen LogP contribution in [0.15, 0.2) is 46.1 Å². The summed E-state index contributed by atoms with van der Waals surface area (Å²) < 4.78 is 44.9. The minimum absolute atomic E-state index is 0.00731. The van der Waals surface area contributed by atoms with Crippen molar-refractivity contribution in [2.75, 3.05) is 13.1 Å². The van der Waals surface area contributed by atoms with Gasteiger partial charge in [0.2, 0.25) is 0 Å². The number of nitrogens with zero attached hydrogens (tertiary/aromatic N) is 4. The molecule has 156 valence electrons. The van der Waals surface area contributed by atoms with Crippen molar-refractivity contribution in [1.29, 1.82) is 0 Å². The van der Waals surface area contributed by atoms with E-state index in [0.29, 0.717) is 30.1 Å². The molecule has 0 bridgehead atoms. The number of likely N-dealkylation sites (tertiary alicyclic amines) is 1. The first-order chi connectivity index (χ1) is 14.3. The average Bonchev–Trinajstić information content (AvgIpc) is 3.22. The van der Waals surface area contributed by atoms with E-state index in [4.69, 9.17) is 0 Å². The second-order valence-corrected chi connectivity index (χ2v) is 8.78. The number of halogens is 4. The lowest BCUT2D eigenvalue weighted by Gasteiger charge is -2.21. The third-order valence-electron chi connectivity index (χ3n) is 6.02. The Balaban J connectivity index is 1.29. The van der Waals surface area contributed by atoms with E-state index in [1.165, 1.54) is 6.07 Å². The molecule has 3 heterocycles. The van der Waals surface area contributed by atoms with Gasteiger partial charge in [0.1, 0.15) is 11.9 Å². The van der Waals surface area contributed by atoms with Crippen LogP contribution >= 0.6 is 15.9 Å². The van der Waals surface area contributed by atoms with Crippen LogP contribution in [0, 0.1) is 17.7 Å². The molecular formula is C20H17BrF3N4O2+. The Bertz CT molecular complexity index is 1140. The molecule has 3 aliphatic rings. The summed E-state index contributed by atoms with van der Waals surface area (Å²) in [6.07, 6.45) is 0.130. The number of hydrogen-bond acceptors (Lipinski definition) is 4. The predicted molar refractivity (Wildman–Crippen MR) is 101 cm³/mol. The van der Waals surface area contributed by atoms with E-state index in [1.54, 1.807) is 39.7 Å². The largest absolute Gasteiger partial charge is 0.573 e. The molecule has 1 aromatic carbocycles. The molecule has 30 heavy (non-hydrogen) atoms. The van der Waals surface area contributed by atoms with Crippen molar-refractivity contribution in [3.05, 3.63) is 58.1 Å². The van der Waals surface area contributed by atoms with E-state index in [9.17, 15) is 18.0 Å². The van der Waals surface area contributed by atoms with Gasteiger partial charge in [0.05, 0.1) is 10.7 Å². The number of fused-ring (bicyclic) bond motifs is 2. The Hall–Kier alpha value is -2.49. The molecule has 2 aromatic rings. The maximum absolute atomic E-state index is 12.9. The number of aromatic nitrogens is 2. The molecule has 1 saturated carbocycles. The van der Waals surface area contributed by atoms with Gasteiger partial charge in [0.25, 0.3) is 0 Å². The third kappa shape index (κ3) is 3.46. The summed E-state index contributed by atoms with van der Waals surface area (Å²) in [5, 5.41) is 0. The molecule has 1 amide bonds. The number of rotatable bonds is 3. The first kappa shape index (κ1) is 19.5. The summed E-state index contributed by atoms with van der Waals surface area (Å²) in [6, 6.07) is 6.35. The number of hydrogen-bond donors (Lipinski definition) is 0. The maximum Gasteiger partial charge on any atom is 0.573 e. The third-order valence-corrected chi connectivity index (χ3v) is 6.43. The molecule has 2 fully saturated rings. The summed E-state index contributed by atoms with van der Waals surface area (Å²) in [4.78, 5) is 23.0. The molecule has 1 saturated heterocycles. The highest BCUT2D eigenvalue weighted by molar-refractivity contribution is 9.10. The molecule has 1 aromatic heterocycles. The smallest absolute Gasteiger partial charge is 0.405 e. The molecule has 0 radical (unpaired) electrons. The summed E-state index contributed by atoms with van der Waals surface area (Å²) in [6.45, 7) is 1.16. The fraction of sp³-hybridized carbons (Fsp3) is 0.400. The van der Waals surface area contributed by atoms with Gasteiger partial charge in [0.15, 0.2) is 0 Å². The zero-order valence-corrected chi connectivity index (χ0v) is 17.2. The second kappa shape index (κ2) is 7.04. The molecule has 3 atom stereocenters. The zero-order chi connectivity index (χ0) is 21.0. The second-order valence-electron chi connectivity index (χ2n) is 7.86. The monoisotopic (exact) mass is 481 g/mol. The Morgan fingerprint density at radius 2 is 1.90 bits per heavy atom. The molecular weight excluding hydrogens is 465 g/mol. The summed E-state index contributed by atoms with van der Waals surface area (Å²) in [7, 11) is 0. The maximum atomic E-state index is 12.9. The fourth-order valence-electron chi connectivity index (χ4n) is 4.79. The lowest BCUT2D eigenvalue weighted by Crippen LogP contribution is -2.54. The number of carbonyl (C=O) groups is 1. The molecule has 2 aliphatic heterocycles. The molecule has 6 nitrogen and oxygen atoms in total. The highest BCUT2D eigenvalue weighted by Crippen LogP contribution is 2.48. The quantitative estimate of drug-likeness (QED) is 0.633. The van der Waals surface area contributed by atoms with Crippen LogP contribution in [-0.4, -0.2) is 35.2 Å². The van der Waals surface area contributed by atoms with E-state index in [0.717, 1.165) is 17.3 Å². The Morgan fingerprint density at radius 3 is 2.60 bits per heavy atom. The van der Waals surface area contributed by atoms with E-state index in [-0.39, 0.29) is 29.4 Å². The Morgan fingerprint density at radius 1 is 1.20 bits per heavy atom. The van der Waals surface area contributed by atoms with Gasteiger partial charge in [-0.25, -0.2) is 0 Å². The van der Waals surface area contributed by atoms with Crippen molar-refractivity contribution in [2.24, 2.45) is 16.8 Å². The topological polar surface area (TPSA) is 60.7 Å². The molecule has 1 unspecified atom stereocenters. The number of amides is 1. The van der Waals surface area contributed by atoms with Crippen LogP contribution in [0.25, 0.3) is 0 Å². The van der Waals surface area contributed by atoms with Crippen LogP contribution < -0.4 is 14.6 Å². The van der Waals surface area contributed by atoms with Gasteiger partial charge in [-0.05, 0) is 58.2 Å². The number of alkyl halides is 3. The molecule has 1 aliphatic carbocycles. The van der Waals surface area contributed by atoms with Gasteiger partial charge in [-0.3, -0.25) is 4.79 Å². The molecule has 0 spiro atoms. The van der Waals surface area contributed by atoms with Crippen LogP contribution in [-0.2, 0) is 4.79 Å². The van der Waals surface area contributed by atoms with Crippen LogP contribution in [0.3, 0.4) is 0 Å². The minimum atomic E-state index is -4.71. The first-order valence-electron chi connectivity index (χ1n) is 9.58. The van der Waals surface area contributed by atoms with Crippen LogP contribution in [0.1, 0.15) is 24.3 Å². The van der Waals surface area contributed by atoms with Gasteiger partial charge in [-0.15, -0.1) is 18.2 Å². The van der Waals surface area contributed by atoms with Crippen molar-refractivity contribution in [1.82, 2.24) is 9.88 Å². The van der Waals surface area contributed by atoms with Gasteiger partial charge in [-0.2, -0.15) is 4.24 Å². The van der Waals surface area contributed by atoms with E-state index in [2.05, 4.69) is 30.6 Å². The molecule has 10 heteroatoms. The van der Waals surface area contributed by atoms with E-state index in [1.807, 2.05) is 0 Å². The van der Waals surface area contributed by atoms with Crippen molar-refractivity contribution in [2.45, 2.75) is 25.1 Å². The van der Waals surface area contributed by atoms with Crippen molar-refractivity contribution in [3.8, 4) is 5.75 Å². The predicted octanol–water partition coefficient (Wildman–Crippen LogP) is 2.65. The van der Waals surface area contributed by atoms with Crippen molar-refractivity contribution < 1.29 is 26.9 Å². The minimum Gasteiger partial charge on any atom is -0.405 e. The highest BCUT2D eigenvalue weighted by Gasteiger charge is 2.45. The van der Waals surface area contributed by atoms with E-state index < -0.39 is 6.36 Å². The zero-order valence-electron chi connectivity index (χ0n) is 15.6. The lowest BCUT2D eigenvalue weighted by molar-refractivity contribution is -0.566. The van der Waals surface area contributed by atoms with Crippen LogP contribution in [0.5, 0.6) is 5.75 Å². The number of ether oxygens (including phenoxy) is 1. The van der Waals surface area contributed by atoms with Crippen molar-refractivity contribution in [3.63, 3.8) is 0 Å². The van der Waals surface area contributed by atoms with Crippen LogP contribution in [0.4, 0.5) is 13.2 Å². The standard InChI is InChI=1S/C20H17BrF3N4O2/c21-14-7-25-19-26-17(28(19)10-14)18(29)27-8-12-5-11(6-13(12)9-27)15-3-1-2-4-16(15)30-20(22,23)24/h1-4,7,10-13H,5-6,8-9H2/q+1/t11?,12-,13+. The highest BCUT2D eigenvalue weighted by atomic mass is 79.9. The van der Waals surface area contributed by atoms with Crippen molar-refractivity contribution >= 4 is 21.8 Å². The van der Waals surface area contributed by atoms with Gasteiger partial charge in [0, 0.05) is 13.1 Å². The van der Waals surface area contributed by atoms with Gasteiger partial charge in [-0.1, -0.05) is 23.2 Å². The Labute approximate surface area is 177 Å². The fourth-order valence-corrected chi connectivity index (χ4v) is 5.09. The van der Waals surface area contributed by atoms with Crippen LogP contribution in [0.2, 0.25) is 0 Å². The number of carbonyl (C=O) groups excluding carboxylic acids is 1. The normalized spacial score (nSPS) is 24.7. The number of para-hydroxylation sites is 1. The number of benzene rings is 1. The average molecular weight is 482 g/mol. The molecule has 5 rings (SSSR count). The Kier molecular flexibility index (Phi) is 4.57. The van der Waals surface area contributed by atoms with E-state index >= 15 is 0 Å². The summed E-state index contributed by atoms with van der Waals surface area (Å²) in [5.74, 6) is 0.579. The SMILES string of the molecule is O=C(C1=[n+]2cc(Br)cnc2=N1)N1C[C@H]2CC(c3ccccc3OC(F)(F)F)C[C@H]2C1. The molecule has 0 N–H and O–H groups in total. The summed E-state index contributed by atoms with van der Waals surface area (Å²) >= 11 is 3.34. The lowest BCUT2D eigenvalue weighted by atomic mass is 9.95. The van der Waals surface area contributed by atoms with Gasteiger partial charge >= 0.3 is 23.7 Å². The first-order valence-corrected chi connectivity index (χ1v) is 10.4. The van der Waals surface area contributed by atoms with Gasteiger partial charge < -0.3 is 9.64 Å². The summed E-state index contributed by atoms with van der Waals surface area (Å²) in [5.41, 5.74) is 1.08.